The van der Waals surface area contributed by atoms with Crippen LogP contribution in [0.3, 0.4) is 0 Å². The summed E-state index contributed by atoms with van der Waals surface area (Å²) in [5, 5.41) is 12.6. The van der Waals surface area contributed by atoms with Crippen molar-refractivity contribution in [2.75, 3.05) is 5.32 Å². The van der Waals surface area contributed by atoms with Gasteiger partial charge in [0.25, 0.3) is 5.56 Å². The van der Waals surface area contributed by atoms with Crippen LogP contribution < -0.4 is 10.9 Å². The lowest BCUT2D eigenvalue weighted by Crippen LogP contribution is -2.22. The molecule has 4 aromatic rings. The first kappa shape index (κ1) is 15.3. The van der Waals surface area contributed by atoms with E-state index in [-0.39, 0.29) is 17.0 Å². The number of imidazole rings is 1. The fourth-order valence-electron chi connectivity index (χ4n) is 2.76. The fourth-order valence-corrected chi connectivity index (χ4v) is 2.76. The van der Waals surface area contributed by atoms with Crippen molar-refractivity contribution in [1.82, 2.24) is 18.9 Å². The Morgan fingerprint density at radius 2 is 2.16 bits per heavy atom. The van der Waals surface area contributed by atoms with Crippen molar-refractivity contribution < 1.29 is 9.50 Å². The zero-order valence-electron chi connectivity index (χ0n) is 13.3. The van der Waals surface area contributed by atoms with Gasteiger partial charge >= 0.3 is 0 Å². The number of benzene rings is 1. The molecule has 7 nitrogen and oxygen atoms in total. The van der Waals surface area contributed by atoms with Crippen molar-refractivity contribution in [3.63, 3.8) is 0 Å². The summed E-state index contributed by atoms with van der Waals surface area (Å²) in [5.41, 5.74) is 1.78. The van der Waals surface area contributed by atoms with Crippen LogP contribution in [0, 0.1) is 5.82 Å². The van der Waals surface area contributed by atoms with E-state index in [0.717, 1.165) is 15.4 Å². The molecule has 8 heteroatoms. The molecule has 0 saturated heterocycles. The predicted molar refractivity (Wildman–Crippen MR) is 91.3 cm³/mol. The van der Waals surface area contributed by atoms with Crippen LogP contribution in [0.2, 0.25) is 0 Å². The third-order valence-corrected chi connectivity index (χ3v) is 4.05. The van der Waals surface area contributed by atoms with Gasteiger partial charge in [-0.2, -0.15) is 0 Å². The van der Waals surface area contributed by atoms with Gasteiger partial charge in [0, 0.05) is 18.9 Å². The third-order valence-electron chi connectivity index (χ3n) is 4.05. The van der Waals surface area contributed by atoms with E-state index in [4.69, 9.17) is 0 Å². The highest BCUT2D eigenvalue weighted by atomic mass is 19.1. The molecule has 1 aromatic carbocycles. The van der Waals surface area contributed by atoms with Crippen molar-refractivity contribution in [2.45, 2.75) is 6.61 Å². The number of aromatic nitrogens is 4. The minimum atomic E-state index is -0.618. The largest absolute Gasteiger partial charge is 0.391 e. The van der Waals surface area contributed by atoms with E-state index >= 15 is 0 Å². The van der Waals surface area contributed by atoms with Gasteiger partial charge in [0.05, 0.1) is 29.5 Å². The maximum atomic E-state index is 14.0. The molecule has 0 aliphatic carbocycles. The molecular weight excluding hydrogens is 325 g/mol. The van der Waals surface area contributed by atoms with E-state index in [1.807, 2.05) is 17.7 Å². The predicted octanol–water partition coefficient (Wildman–Crippen LogP) is 1.96. The molecule has 0 aliphatic heterocycles. The van der Waals surface area contributed by atoms with Gasteiger partial charge in [-0.1, -0.05) is 0 Å². The summed E-state index contributed by atoms with van der Waals surface area (Å²) in [6.07, 6.45) is 3.11. The van der Waals surface area contributed by atoms with Gasteiger partial charge in [0.2, 0.25) is 0 Å². The number of rotatable bonds is 3. The lowest BCUT2D eigenvalue weighted by molar-refractivity contribution is 0.280. The minimum absolute atomic E-state index is 0.0595. The summed E-state index contributed by atoms with van der Waals surface area (Å²) in [7, 11) is 1.89. The summed E-state index contributed by atoms with van der Waals surface area (Å²) in [6.45, 7) is -0.514. The highest BCUT2D eigenvalue weighted by Gasteiger charge is 2.15. The van der Waals surface area contributed by atoms with E-state index in [2.05, 4.69) is 15.3 Å². The zero-order valence-corrected chi connectivity index (χ0v) is 13.3. The monoisotopic (exact) mass is 339 g/mol. The number of hydrogen-bond acceptors (Lipinski definition) is 5. The molecule has 3 aromatic heterocycles. The molecule has 126 valence electrons. The molecule has 4 rings (SSSR count). The Balaban J connectivity index is 1.87. The van der Waals surface area contributed by atoms with E-state index in [1.165, 1.54) is 18.3 Å². The average Bonchev–Trinajstić information content (AvgIpc) is 2.97. The van der Waals surface area contributed by atoms with Crippen LogP contribution in [-0.2, 0) is 13.7 Å². The van der Waals surface area contributed by atoms with Gasteiger partial charge in [0.1, 0.15) is 5.82 Å². The van der Waals surface area contributed by atoms with Crippen LogP contribution in [0.5, 0.6) is 0 Å². The summed E-state index contributed by atoms with van der Waals surface area (Å²) in [5.74, 6) is -0.500. The molecule has 0 fully saturated rings. The molecule has 0 saturated carbocycles. The van der Waals surface area contributed by atoms with Crippen LogP contribution >= 0.6 is 0 Å². The first-order valence-electron chi connectivity index (χ1n) is 7.57. The minimum Gasteiger partial charge on any atom is -0.391 e. The van der Waals surface area contributed by atoms with Gasteiger partial charge in [0.15, 0.2) is 11.5 Å². The van der Waals surface area contributed by atoms with Crippen LogP contribution in [0.25, 0.3) is 16.7 Å². The summed E-state index contributed by atoms with van der Waals surface area (Å²) < 4.78 is 17.0. The molecule has 0 spiro atoms. The zero-order chi connectivity index (χ0) is 17.6. The molecular formula is C17H14FN5O2. The van der Waals surface area contributed by atoms with Crippen molar-refractivity contribution in [1.29, 1.82) is 0 Å². The van der Waals surface area contributed by atoms with Crippen molar-refractivity contribution in [3.05, 3.63) is 64.6 Å². The standard InChI is InChI=1S/C17H14FN5O2/c1-22-9-19-13-7-10(4-5-14(13)22)20-15-11(8-24)17(25)23-6-2-3-12(18)16(23)21-15/h2-7,9,20,24H,8H2,1H3. The first-order chi connectivity index (χ1) is 12.1. The molecule has 0 aliphatic rings. The Morgan fingerprint density at radius 3 is 2.96 bits per heavy atom. The van der Waals surface area contributed by atoms with Crippen LogP contribution in [0.4, 0.5) is 15.9 Å². The van der Waals surface area contributed by atoms with Gasteiger partial charge < -0.3 is 15.0 Å². The van der Waals surface area contributed by atoms with Crippen molar-refractivity contribution in [3.8, 4) is 0 Å². The lowest BCUT2D eigenvalue weighted by Gasteiger charge is -2.11. The second-order valence-corrected chi connectivity index (χ2v) is 5.64. The smallest absolute Gasteiger partial charge is 0.265 e. The lowest BCUT2D eigenvalue weighted by atomic mass is 10.2. The number of aliphatic hydroxyl groups is 1. The van der Waals surface area contributed by atoms with Crippen LogP contribution in [0.15, 0.2) is 47.7 Å². The number of fused-ring (bicyclic) bond motifs is 2. The Kier molecular flexibility index (Phi) is 3.47. The highest BCUT2D eigenvalue weighted by Crippen LogP contribution is 2.22. The van der Waals surface area contributed by atoms with Gasteiger partial charge in [-0.15, -0.1) is 0 Å². The van der Waals surface area contributed by atoms with E-state index in [0.29, 0.717) is 5.69 Å². The third kappa shape index (κ3) is 2.43. The van der Waals surface area contributed by atoms with Crippen molar-refractivity contribution in [2.24, 2.45) is 7.05 Å². The molecule has 3 heterocycles. The number of nitrogens with zero attached hydrogens (tertiary/aromatic N) is 4. The number of halogens is 1. The Labute approximate surface area is 141 Å². The number of hydrogen-bond donors (Lipinski definition) is 2. The van der Waals surface area contributed by atoms with Crippen LogP contribution in [-0.4, -0.2) is 24.0 Å². The SMILES string of the molecule is Cn1cnc2cc(Nc3nc4c(F)cccn4c(=O)c3CO)ccc21. The molecule has 0 atom stereocenters. The molecule has 0 radical (unpaired) electrons. The summed E-state index contributed by atoms with van der Waals surface area (Å²) in [6, 6.07) is 8.11. The maximum Gasteiger partial charge on any atom is 0.265 e. The van der Waals surface area contributed by atoms with E-state index in [1.54, 1.807) is 18.5 Å². The fraction of sp³-hybridized carbons (Fsp3) is 0.118. The van der Waals surface area contributed by atoms with Gasteiger partial charge in [-0.05, 0) is 30.3 Å². The van der Waals surface area contributed by atoms with E-state index < -0.39 is 18.0 Å². The number of aliphatic hydroxyl groups excluding tert-OH is 1. The number of anilines is 2. The molecule has 2 N–H and O–H groups in total. The topological polar surface area (TPSA) is 84.5 Å². The molecule has 0 amide bonds. The second kappa shape index (κ2) is 5.67. The Bertz CT molecular complexity index is 1170. The molecule has 0 bridgehead atoms. The second-order valence-electron chi connectivity index (χ2n) is 5.64. The van der Waals surface area contributed by atoms with Gasteiger partial charge in [-0.25, -0.2) is 14.4 Å². The van der Waals surface area contributed by atoms with Gasteiger partial charge in [-0.3, -0.25) is 9.20 Å². The van der Waals surface area contributed by atoms with E-state index in [9.17, 15) is 14.3 Å². The number of pyridine rings is 1. The molecule has 25 heavy (non-hydrogen) atoms. The average molecular weight is 339 g/mol. The summed E-state index contributed by atoms with van der Waals surface area (Å²) >= 11 is 0. The molecule has 0 unspecified atom stereocenters. The quantitative estimate of drug-likeness (QED) is 0.596. The van der Waals surface area contributed by atoms with Crippen molar-refractivity contribution >= 4 is 28.2 Å². The highest BCUT2D eigenvalue weighted by molar-refractivity contribution is 5.80. The Morgan fingerprint density at radius 1 is 1.32 bits per heavy atom. The first-order valence-corrected chi connectivity index (χ1v) is 7.57. The number of nitrogens with one attached hydrogen (secondary N) is 1. The van der Waals surface area contributed by atoms with Crippen LogP contribution in [0.1, 0.15) is 5.56 Å². The normalized spacial score (nSPS) is 11.3. The summed E-state index contributed by atoms with van der Waals surface area (Å²) in [4.78, 5) is 20.9. The maximum absolute atomic E-state index is 14.0. The number of aryl methyl sites for hydroxylation is 1. The Hall–Kier alpha value is -3.26.